The van der Waals surface area contributed by atoms with Gasteiger partial charge in [0, 0.05) is 24.8 Å². The van der Waals surface area contributed by atoms with Gasteiger partial charge in [-0.15, -0.1) is 0 Å². The van der Waals surface area contributed by atoms with Gasteiger partial charge in [-0.05, 0) is 19.9 Å². The van der Waals surface area contributed by atoms with Crippen molar-refractivity contribution in [2.75, 3.05) is 26.9 Å². The molecule has 0 saturated heterocycles. The number of hydrogen-bond acceptors (Lipinski definition) is 4. The molecule has 0 aliphatic carbocycles. The average Bonchev–Trinajstić information content (AvgIpc) is 2.77. The van der Waals surface area contributed by atoms with E-state index in [1.54, 1.807) is 19.6 Å². The number of ether oxygens (including phenoxy) is 2. The van der Waals surface area contributed by atoms with Crippen LogP contribution >= 0.6 is 0 Å². The maximum atomic E-state index is 5.44. The van der Waals surface area contributed by atoms with Gasteiger partial charge in [0.2, 0.25) is 0 Å². The lowest BCUT2D eigenvalue weighted by Gasteiger charge is -2.19. The van der Waals surface area contributed by atoms with Crippen molar-refractivity contribution in [3.8, 4) is 0 Å². The molecule has 0 aromatic carbocycles. The van der Waals surface area contributed by atoms with E-state index >= 15 is 0 Å². The van der Waals surface area contributed by atoms with Crippen molar-refractivity contribution in [1.29, 1.82) is 0 Å². The Morgan fingerprint density at radius 2 is 2.19 bits per heavy atom. The van der Waals surface area contributed by atoms with E-state index in [9.17, 15) is 0 Å². The van der Waals surface area contributed by atoms with Crippen molar-refractivity contribution < 1.29 is 13.9 Å². The number of methoxy groups -OCH3 is 1. The predicted octanol–water partition coefficient (Wildman–Crippen LogP) is 1.98. The van der Waals surface area contributed by atoms with Gasteiger partial charge in [0.05, 0.1) is 32.3 Å². The van der Waals surface area contributed by atoms with E-state index < -0.39 is 0 Å². The summed E-state index contributed by atoms with van der Waals surface area (Å²) in [5, 5.41) is 3.43. The van der Waals surface area contributed by atoms with Gasteiger partial charge in [-0.3, -0.25) is 0 Å². The number of furan rings is 1. The first-order chi connectivity index (χ1) is 7.74. The number of hydrogen-bond donors (Lipinski definition) is 1. The van der Waals surface area contributed by atoms with Crippen molar-refractivity contribution in [1.82, 2.24) is 5.32 Å². The van der Waals surface area contributed by atoms with Crippen LogP contribution in [0.25, 0.3) is 0 Å². The molecule has 92 valence electrons. The van der Waals surface area contributed by atoms with Crippen molar-refractivity contribution >= 4 is 0 Å². The van der Waals surface area contributed by atoms with E-state index in [4.69, 9.17) is 13.9 Å². The number of rotatable bonds is 8. The van der Waals surface area contributed by atoms with Gasteiger partial charge in [-0.2, -0.15) is 0 Å². The second kappa shape index (κ2) is 7.44. The molecule has 1 N–H and O–H groups in total. The summed E-state index contributed by atoms with van der Waals surface area (Å²) in [7, 11) is 1.67. The average molecular weight is 227 g/mol. The highest BCUT2D eigenvalue weighted by Crippen LogP contribution is 2.12. The molecule has 1 aromatic rings. The van der Waals surface area contributed by atoms with Crippen LogP contribution < -0.4 is 5.32 Å². The highest BCUT2D eigenvalue weighted by atomic mass is 16.5. The van der Waals surface area contributed by atoms with Crippen molar-refractivity contribution in [3.63, 3.8) is 0 Å². The predicted molar refractivity (Wildman–Crippen MR) is 62.4 cm³/mol. The third-order valence-corrected chi connectivity index (χ3v) is 2.38. The van der Waals surface area contributed by atoms with Crippen LogP contribution in [0, 0.1) is 0 Å². The molecule has 4 nitrogen and oxygen atoms in total. The standard InChI is InChI=1S/C12H21NO3/c1-10(8-16-7-6-14-3)13-11(2)12-4-5-15-9-12/h4-5,9-11,13H,6-8H2,1-3H3. The van der Waals surface area contributed by atoms with E-state index in [-0.39, 0.29) is 6.04 Å². The van der Waals surface area contributed by atoms with Gasteiger partial charge in [0.1, 0.15) is 0 Å². The molecule has 0 radical (unpaired) electrons. The zero-order valence-electron chi connectivity index (χ0n) is 10.2. The minimum absolute atomic E-state index is 0.278. The molecule has 1 rings (SSSR count). The molecular weight excluding hydrogens is 206 g/mol. The molecule has 0 saturated carbocycles. The largest absolute Gasteiger partial charge is 0.472 e. The van der Waals surface area contributed by atoms with Crippen LogP contribution in [0.2, 0.25) is 0 Å². The molecule has 0 aliphatic rings. The molecule has 0 fully saturated rings. The Labute approximate surface area is 96.9 Å². The zero-order valence-corrected chi connectivity index (χ0v) is 10.2. The molecular formula is C12H21NO3. The Bertz CT molecular complexity index is 261. The van der Waals surface area contributed by atoms with Gasteiger partial charge in [-0.25, -0.2) is 0 Å². The summed E-state index contributed by atoms with van der Waals surface area (Å²) < 4.78 is 15.4. The fourth-order valence-electron chi connectivity index (χ4n) is 1.49. The van der Waals surface area contributed by atoms with Gasteiger partial charge in [-0.1, -0.05) is 0 Å². The molecule has 0 spiro atoms. The summed E-state index contributed by atoms with van der Waals surface area (Å²) in [5.41, 5.74) is 1.16. The molecule has 16 heavy (non-hydrogen) atoms. The van der Waals surface area contributed by atoms with Gasteiger partial charge in [0.15, 0.2) is 0 Å². The molecule has 2 unspecified atom stereocenters. The number of nitrogens with one attached hydrogen (secondary N) is 1. The lowest BCUT2D eigenvalue weighted by molar-refractivity contribution is 0.0597. The fourth-order valence-corrected chi connectivity index (χ4v) is 1.49. The third-order valence-electron chi connectivity index (χ3n) is 2.38. The fraction of sp³-hybridized carbons (Fsp3) is 0.667. The summed E-state index contributed by atoms with van der Waals surface area (Å²) in [6.45, 7) is 6.18. The Balaban J connectivity index is 2.16. The summed E-state index contributed by atoms with van der Waals surface area (Å²) >= 11 is 0. The van der Waals surface area contributed by atoms with Crippen LogP contribution in [-0.2, 0) is 9.47 Å². The molecule has 0 bridgehead atoms. The van der Waals surface area contributed by atoms with Crippen LogP contribution in [0.4, 0.5) is 0 Å². The van der Waals surface area contributed by atoms with Crippen molar-refractivity contribution in [3.05, 3.63) is 24.2 Å². The SMILES string of the molecule is COCCOCC(C)NC(C)c1ccoc1. The van der Waals surface area contributed by atoms with Gasteiger partial charge >= 0.3 is 0 Å². The second-order valence-electron chi connectivity index (χ2n) is 3.91. The van der Waals surface area contributed by atoms with E-state index in [1.807, 2.05) is 6.07 Å². The summed E-state index contributed by atoms with van der Waals surface area (Å²) in [5.74, 6) is 0. The monoisotopic (exact) mass is 227 g/mol. The molecule has 0 amide bonds. The molecule has 4 heteroatoms. The van der Waals surface area contributed by atoms with Crippen LogP contribution in [0.1, 0.15) is 25.5 Å². The van der Waals surface area contributed by atoms with E-state index in [2.05, 4.69) is 19.2 Å². The maximum absolute atomic E-state index is 5.44. The van der Waals surface area contributed by atoms with Crippen LogP contribution in [-0.4, -0.2) is 33.0 Å². The Kier molecular flexibility index (Phi) is 6.15. The Morgan fingerprint density at radius 1 is 1.38 bits per heavy atom. The van der Waals surface area contributed by atoms with Crippen LogP contribution in [0.3, 0.4) is 0 Å². The first kappa shape index (κ1) is 13.2. The highest BCUT2D eigenvalue weighted by molar-refractivity contribution is 5.10. The molecule has 1 heterocycles. The summed E-state index contributed by atoms with van der Waals surface area (Å²) in [6, 6.07) is 2.55. The van der Waals surface area contributed by atoms with Crippen LogP contribution in [0.5, 0.6) is 0 Å². The zero-order chi connectivity index (χ0) is 11.8. The van der Waals surface area contributed by atoms with Gasteiger partial charge in [0.25, 0.3) is 0 Å². The normalized spacial score (nSPS) is 14.9. The first-order valence-electron chi connectivity index (χ1n) is 5.59. The molecule has 1 aromatic heterocycles. The lowest BCUT2D eigenvalue weighted by Crippen LogP contribution is -2.33. The summed E-state index contributed by atoms with van der Waals surface area (Å²) in [4.78, 5) is 0. The van der Waals surface area contributed by atoms with E-state index in [0.717, 1.165) is 5.56 Å². The first-order valence-corrected chi connectivity index (χ1v) is 5.59. The minimum atomic E-state index is 0.278. The van der Waals surface area contributed by atoms with Crippen LogP contribution in [0.15, 0.2) is 23.0 Å². The van der Waals surface area contributed by atoms with Crippen molar-refractivity contribution in [2.45, 2.75) is 25.9 Å². The summed E-state index contributed by atoms with van der Waals surface area (Å²) in [6.07, 6.45) is 3.45. The lowest BCUT2D eigenvalue weighted by atomic mass is 10.1. The smallest absolute Gasteiger partial charge is 0.0950 e. The second-order valence-corrected chi connectivity index (χ2v) is 3.91. The Hall–Kier alpha value is -0.840. The van der Waals surface area contributed by atoms with Crippen molar-refractivity contribution in [2.24, 2.45) is 0 Å². The van der Waals surface area contributed by atoms with E-state index in [1.165, 1.54) is 0 Å². The maximum Gasteiger partial charge on any atom is 0.0950 e. The van der Waals surface area contributed by atoms with Gasteiger partial charge < -0.3 is 19.2 Å². The topological polar surface area (TPSA) is 43.6 Å². The molecule has 0 aliphatic heterocycles. The van der Waals surface area contributed by atoms with E-state index in [0.29, 0.717) is 25.9 Å². The molecule has 2 atom stereocenters. The Morgan fingerprint density at radius 3 is 2.81 bits per heavy atom. The highest BCUT2D eigenvalue weighted by Gasteiger charge is 2.10. The third kappa shape index (κ3) is 4.79. The quantitative estimate of drug-likeness (QED) is 0.690. The minimum Gasteiger partial charge on any atom is -0.472 e.